The molecule has 0 unspecified atom stereocenters. The fraction of sp³-hybridized carbons (Fsp3) is 0.667. The predicted octanol–water partition coefficient (Wildman–Crippen LogP) is 3.98. The van der Waals surface area contributed by atoms with Crippen LogP contribution in [0.25, 0.3) is 0 Å². The number of ether oxygens (including phenoxy) is 2. The van der Waals surface area contributed by atoms with Gasteiger partial charge in [0.25, 0.3) is 0 Å². The molecule has 2 bridgehead atoms. The number of carbonyl (C=O) groups is 3. The molecule has 8 heteroatoms. The van der Waals surface area contributed by atoms with Crippen LogP contribution in [0.15, 0.2) is 30.3 Å². The van der Waals surface area contributed by atoms with Gasteiger partial charge in [0.2, 0.25) is 5.91 Å². The molecule has 1 spiro atoms. The molecule has 4 atom stereocenters. The Hall–Kier alpha value is -2.61. The normalized spacial score (nSPS) is 29.1. The topological polar surface area (TPSA) is 105 Å². The zero-order valence-electron chi connectivity index (χ0n) is 20.8. The molecule has 1 saturated heterocycles. The number of carboxylic acid groups (broad SMARTS) is 1. The van der Waals surface area contributed by atoms with E-state index in [1.165, 1.54) is 12.8 Å². The highest BCUT2D eigenvalue weighted by atomic mass is 16.7. The molecule has 0 aromatic heterocycles. The van der Waals surface area contributed by atoms with E-state index in [2.05, 4.69) is 5.32 Å². The van der Waals surface area contributed by atoms with Gasteiger partial charge in [0.05, 0.1) is 12.6 Å². The first kappa shape index (κ1) is 25.5. The number of rotatable bonds is 9. The lowest BCUT2D eigenvalue weighted by atomic mass is 9.55. The molecule has 8 nitrogen and oxygen atoms in total. The average Bonchev–Trinajstić information content (AvgIpc) is 3.18. The third-order valence-corrected chi connectivity index (χ3v) is 8.30. The van der Waals surface area contributed by atoms with E-state index in [0.29, 0.717) is 37.6 Å². The predicted molar refractivity (Wildman–Crippen MR) is 130 cm³/mol. The number of likely N-dealkylation sites (tertiary alicyclic amines) is 1. The Labute approximate surface area is 207 Å². The third kappa shape index (κ3) is 5.80. The monoisotopic (exact) mass is 486 g/mol. The van der Waals surface area contributed by atoms with E-state index in [1.54, 1.807) is 18.7 Å². The maximum atomic E-state index is 13.6. The summed E-state index contributed by atoms with van der Waals surface area (Å²) in [5.74, 6) is 0.543. The van der Waals surface area contributed by atoms with E-state index in [-0.39, 0.29) is 23.9 Å². The molecule has 192 valence electrons. The second-order valence-corrected chi connectivity index (χ2v) is 10.5. The molecule has 0 radical (unpaired) electrons. The van der Waals surface area contributed by atoms with Gasteiger partial charge < -0.3 is 19.5 Å². The van der Waals surface area contributed by atoms with Crippen LogP contribution in [0.4, 0.5) is 4.79 Å². The molecule has 5 rings (SSSR count). The molecule has 3 aliphatic carbocycles. The van der Waals surface area contributed by atoms with Crippen molar-refractivity contribution in [3.05, 3.63) is 35.9 Å². The van der Waals surface area contributed by atoms with Crippen molar-refractivity contribution in [3.63, 3.8) is 0 Å². The van der Waals surface area contributed by atoms with Crippen molar-refractivity contribution >= 4 is 18.0 Å². The van der Waals surface area contributed by atoms with Gasteiger partial charge in [-0.05, 0) is 68.8 Å². The second kappa shape index (κ2) is 11.0. The Morgan fingerprint density at radius 3 is 2.46 bits per heavy atom. The van der Waals surface area contributed by atoms with Crippen molar-refractivity contribution in [3.8, 4) is 0 Å². The van der Waals surface area contributed by atoms with Crippen LogP contribution in [0.1, 0.15) is 64.4 Å². The highest BCUT2D eigenvalue weighted by molar-refractivity contribution is 5.84. The van der Waals surface area contributed by atoms with Crippen molar-refractivity contribution < 1.29 is 29.0 Å². The van der Waals surface area contributed by atoms with E-state index in [9.17, 15) is 19.5 Å². The fourth-order valence-electron chi connectivity index (χ4n) is 6.66. The van der Waals surface area contributed by atoms with E-state index in [4.69, 9.17) is 9.47 Å². The van der Waals surface area contributed by atoms with Gasteiger partial charge >= 0.3 is 12.1 Å². The standard InChI is InChI=1S/C27H38N2O6/c1-3-34-25(31)22(14-11-19-7-5-4-6-8-19)28-18(2)24(30)29-17-27(16-23(29)35-26(32)33)15-20-9-12-21(27)13-10-20/h4-8,18,20-23,28H,3,9-17H2,1-2H3,(H,32,33)/t18-,20?,21?,22+,23+,27+/m0/s1. The SMILES string of the molecule is CCOC(=O)[C@@H](CCc1ccccc1)N[C@@H](C)C(=O)N1C[C@@]2(CC3CCC2CC3)C[C@H]1OC(=O)O. The summed E-state index contributed by atoms with van der Waals surface area (Å²) in [5, 5.41) is 12.5. The van der Waals surface area contributed by atoms with Crippen LogP contribution >= 0.6 is 0 Å². The number of esters is 1. The Morgan fingerprint density at radius 1 is 1.14 bits per heavy atom. The second-order valence-electron chi connectivity index (χ2n) is 10.5. The van der Waals surface area contributed by atoms with E-state index in [0.717, 1.165) is 24.8 Å². The quantitative estimate of drug-likeness (QED) is 0.509. The van der Waals surface area contributed by atoms with E-state index in [1.807, 2.05) is 30.3 Å². The summed E-state index contributed by atoms with van der Waals surface area (Å²) in [6.45, 7) is 4.27. The maximum absolute atomic E-state index is 13.6. The van der Waals surface area contributed by atoms with Crippen LogP contribution in [0.3, 0.4) is 0 Å². The van der Waals surface area contributed by atoms with Crippen LogP contribution in [0.2, 0.25) is 0 Å². The first-order valence-corrected chi connectivity index (χ1v) is 13.0. The molecule has 1 aromatic rings. The summed E-state index contributed by atoms with van der Waals surface area (Å²) in [6.07, 6.45) is 5.35. The Morgan fingerprint density at radius 2 is 1.86 bits per heavy atom. The summed E-state index contributed by atoms with van der Waals surface area (Å²) in [7, 11) is 0. The smallest absolute Gasteiger partial charge is 0.465 e. The molecule has 1 heterocycles. The average molecular weight is 487 g/mol. The molecular formula is C27H38N2O6. The number of nitrogens with one attached hydrogen (secondary N) is 1. The minimum Gasteiger partial charge on any atom is -0.465 e. The van der Waals surface area contributed by atoms with Gasteiger partial charge in [0.1, 0.15) is 6.04 Å². The van der Waals surface area contributed by atoms with Crippen LogP contribution in [-0.2, 0) is 25.5 Å². The van der Waals surface area contributed by atoms with E-state index >= 15 is 0 Å². The third-order valence-electron chi connectivity index (χ3n) is 8.30. The molecule has 35 heavy (non-hydrogen) atoms. The number of hydrogen-bond donors (Lipinski definition) is 2. The molecule has 1 amide bonds. The summed E-state index contributed by atoms with van der Waals surface area (Å²) < 4.78 is 10.5. The van der Waals surface area contributed by atoms with Crippen molar-refractivity contribution in [1.29, 1.82) is 0 Å². The van der Waals surface area contributed by atoms with E-state index < -0.39 is 24.5 Å². The highest BCUT2D eigenvalue weighted by Crippen LogP contribution is 2.58. The van der Waals surface area contributed by atoms with Crippen LogP contribution in [0.5, 0.6) is 0 Å². The molecule has 3 saturated carbocycles. The number of nitrogens with zero attached hydrogens (tertiary/aromatic N) is 1. The van der Waals surface area contributed by atoms with Crippen LogP contribution in [0, 0.1) is 17.3 Å². The molecular weight excluding hydrogens is 448 g/mol. The lowest BCUT2D eigenvalue weighted by Crippen LogP contribution is -2.53. The molecule has 1 aromatic carbocycles. The van der Waals surface area contributed by atoms with Gasteiger partial charge in [-0.25, -0.2) is 4.79 Å². The molecule has 4 aliphatic rings. The van der Waals surface area contributed by atoms with Gasteiger partial charge in [0, 0.05) is 13.0 Å². The van der Waals surface area contributed by atoms with Gasteiger partial charge in [-0.3, -0.25) is 14.9 Å². The first-order valence-electron chi connectivity index (χ1n) is 13.0. The largest absolute Gasteiger partial charge is 0.507 e. The van der Waals surface area contributed by atoms with Gasteiger partial charge in [-0.1, -0.05) is 43.2 Å². The minimum absolute atomic E-state index is 0.0650. The summed E-state index contributed by atoms with van der Waals surface area (Å²) in [6, 6.07) is 8.54. The Bertz CT molecular complexity index is 900. The van der Waals surface area contributed by atoms with Gasteiger partial charge in [0.15, 0.2) is 6.23 Å². The molecule has 4 fully saturated rings. The first-order chi connectivity index (χ1) is 16.8. The lowest BCUT2D eigenvalue weighted by molar-refractivity contribution is -0.147. The number of carbonyl (C=O) groups excluding carboxylic acids is 2. The molecule has 2 N–H and O–H groups in total. The fourth-order valence-corrected chi connectivity index (χ4v) is 6.66. The maximum Gasteiger partial charge on any atom is 0.507 e. The van der Waals surface area contributed by atoms with Gasteiger partial charge in [-0.15, -0.1) is 0 Å². The highest BCUT2D eigenvalue weighted by Gasteiger charge is 2.56. The zero-order valence-corrected chi connectivity index (χ0v) is 20.8. The summed E-state index contributed by atoms with van der Waals surface area (Å²) >= 11 is 0. The Kier molecular flexibility index (Phi) is 7.99. The zero-order chi connectivity index (χ0) is 25.0. The number of hydrogen-bond acceptors (Lipinski definition) is 6. The number of fused-ring (bicyclic) bond motifs is 2. The van der Waals surface area contributed by atoms with Crippen molar-refractivity contribution in [2.45, 2.75) is 83.5 Å². The number of benzene rings is 1. The van der Waals surface area contributed by atoms with Crippen LogP contribution in [-0.4, -0.2) is 59.5 Å². The number of aryl methyl sites for hydroxylation is 1. The van der Waals surface area contributed by atoms with Gasteiger partial charge in [-0.2, -0.15) is 0 Å². The van der Waals surface area contributed by atoms with Crippen molar-refractivity contribution in [2.24, 2.45) is 17.3 Å². The van der Waals surface area contributed by atoms with Crippen LogP contribution < -0.4 is 5.32 Å². The van der Waals surface area contributed by atoms with Crippen molar-refractivity contribution in [1.82, 2.24) is 10.2 Å². The minimum atomic E-state index is -1.36. The summed E-state index contributed by atoms with van der Waals surface area (Å²) in [5.41, 5.74) is 1.04. The van der Waals surface area contributed by atoms with Crippen molar-refractivity contribution in [2.75, 3.05) is 13.2 Å². The molecule has 1 aliphatic heterocycles. The summed E-state index contributed by atoms with van der Waals surface area (Å²) in [4.78, 5) is 39.3. The lowest BCUT2D eigenvalue weighted by Gasteiger charge is -2.49. The number of amides is 1. The Balaban J connectivity index is 1.45.